The van der Waals surface area contributed by atoms with Gasteiger partial charge in [-0.3, -0.25) is 4.57 Å². The number of nitriles is 1. The molecule has 3 rings (SSSR count). The highest BCUT2D eigenvalue weighted by molar-refractivity contribution is 5.51. The van der Waals surface area contributed by atoms with Gasteiger partial charge in [-0.1, -0.05) is 24.3 Å². The highest BCUT2D eigenvalue weighted by Gasteiger charge is 2.26. The average Bonchev–Trinajstić information content (AvgIpc) is 2.78. The first-order chi connectivity index (χ1) is 10.6. The number of aryl methyl sites for hydroxylation is 1. The first-order valence-corrected chi connectivity index (χ1v) is 7.16. The Bertz CT molecular complexity index is 767. The van der Waals surface area contributed by atoms with Gasteiger partial charge in [0.15, 0.2) is 11.8 Å². The molecule has 2 aromatic rings. The molecule has 1 aliphatic rings. The van der Waals surface area contributed by atoms with Crippen LogP contribution < -0.4 is 5.73 Å². The Hall–Kier alpha value is -2.71. The number of hydrogen-bond acceptors (Lipinski definition) is 4. The second kappa shape index (κ2) is 5.58. The topological polar surface area (TPSA) is 95.2 Å². The van der Waals surface area contributed by atoms with E-state index >= 15 is 0 Å². The molecule has 0 saturated heterocycles. The maximum absolute atomic E-state index is 10.3. The lowest BCUT2D eigenvalue weighted by Crippen LogP contribution is -2.11. The van der Waals surface area contributed by atoms with Gasteiger partial charge in [-0.2, -0.15) is 5.26 Å². The van der Waals surface area contributed by atoms with Crippen molar-refractivity contribution < 1.29 is 10.2 Å². The van der Waals surface area contributed by atoms with Crippen molar-refractivity contribution in [3.05, 3.63) is 58.7 Å². The number of benzene rings is 1. The van der Waals surface area contributed by atoms with Gasteiger partial charge in [-0.25, -0.2) is 0 Å². The Kier molecular flexibility index (Phi) is 3.61. The van der Waals surface area contributed by atoms with Gasteiger partial charge in [0.1, 0.15) is 0 Å². The van der Waals surface area contributed by atoms with Crippen LogP contribution in [0.25, 0.3) is 0 Å². The smallest absolute Gasteiger partial charge is 0.199 e. The van der Waals surface area contributed by atoms with Crippen LogP contribution in [-0.4, -0.2) is 14.8 Å². The van der Waals surface area contributed by atoms with Crippen molar-refractivity contribution in [1.29, 1.82) is 5.26 Å². The number of rotatable bonds is 3. The van der Waals surface area contributed by atoms with Crippen molar-refractivity contribution in [2.45, 2.75) is 25.4 Å². The molecule has 1 atom stereocenters. The van der Waals surface area contributed by atoms with Crippen molar-refractivity contribution in [3.8, 4) is 17.8 Å². The molecule has 1 aliphatic carbocycles. The Morgan fingerprint density at radius 2 is 1.95 bits per heavy atom. The molecule has 5 heteroatoms. The van der Waals surface area contributed by atoms with Crippen molar-refractivity contribution in [3.63, 3.8) is 0 Å². The second-order valence-electron chi connectivity index (χ2n) is 5.41. The van der Waals surface area contributed by atoms with Crippen molar-refractivity contribution in [1.82, 2.24) is 4.57 Å². The summed E-state index contributed by atoms with van der Waals surface area (Å²) < 4.78 is 1.50. The Balaban J connectivity index is 1.83. The van der Waals surface area contributed by atoms with Gasteiger partial charge in [-0.15, -0.1) is 0 Å². The second-order valence-corrected chi connectivity index (χ2v) is 5.41. The van der Waals surface area contributed by atoms with E-state index in [1.165, 1.54) is 4.57 Å². The molecular weight excluding hydrogens is 278 g/mol. The molecular formula is C17H17N3O2. The molecule has 0 aliphatic heterocycles. The number of hydrogen-bond donors (Lipinski definition) is 3. The molecule has 0 radical (unpaired) electrons. The summed E-state index contributed by atoms with van der Waals surface area (Å²) in [7, 11) is 0. The van der Waals surface area contributed by atoms with E-state index in [2.05, 4.69) is 6.07 Å². The lowest BCUT2D eigenvalue weighted by atomic mass is 9.97. The molecule has 1 unspecified atom stereocenters. The predicted molar refractivity (Wildman–Crippen MR) is 82.4 cm³/mol. The third kappa shape index (κ3) is 2.34. The fourth-order valence-electron chi connectivity index (χ4n) is 2.84. The van der Waals surface area contributed by atoms with Crippen LogP contribution in [0, 0.1) is 11.3 Å². The van der Waals surface area contributed by atoms with Gasteiger partial charge in [0.05, 0.1) is 17.7 Å². The van der Waals surface area contributed by atoms with Gasteiger partial charge in [0.25, 0.3) is 0 Å². The quantitative estimate of drug-likeness (QED) is 0.756. The van der Waals surface area contributed by atoms with Crippen LogP contribution in [-0.2, 0) is 19.4 Å². The van der Waals surface area contributed by atoms with Crippen LogP contribution in [0.2, 0.25) is 0 Å². The summed E-state index contributed by atoms with van der Waals surface area (Å²) in [4.78, 5) is 0. The monoisotopic (exact) mass is 295 g/mol. The zero-order valence-electron chi connectivity index (χ0n) is 12.0. The van der Waals surface area contributed by atoms with Gasteiger partial charge in [0.2, 0.25) is 0 Å². The number of nitrogens with two attached hydrogens (primary N) is 1. The molecule has 1 aromatic heterocycles. The lowest BCUT2D eigenvalue weighted by molar-refractivity contribution is 0.365. The number of allylic oxidation sites excluding steroid dienone is 1. The number of aromatic nitrogens is 1. The fraction of sp³-hybridized carbons (Fsp3) is 0.235. The van der Waals surface area contributed by atoms with Gasteiger partial charge in [0, 0.05) is 17.7 Å². The molecule has 4 N–H and O–H groups in total. The first-order valence-electron chi connectivity index (χ1n) is 7.16. The van der Waals surface area contributed by atoms with E-state index in [9.17, 15) is 10.2 Å². The van der Waals surface area contributed by atoms with E-state index in [-0.39, 0.29) is 17.8 Å². The maximum atomic E-state index is 10.3. The Labute approximate surface area is 128 Å². The minimum Gasteiger partial charge on any atom is -0.494 e. The van der Waals surface area contributed by atoms with Crippen LogP contribution in [0.1, 0.15) is 28.3 Å². The summed E-state index contributed by atoms with van der Waals surface area (Å²) in [6.45, 7) is 0.448. The molecule has 0 fully saturated rings. The van der Waals surface area contributed by atoms with E-state index in [4.69, 9.17) is 11.0 Å². The van der Waals surface area contributed by atoms with Gasteiger partial charge in [-0.05, 0) is 30.5 Å². The zero-order chi connectivity index (χ0) is 15.7. The van der Waals surface area contributed by atoms with Crippen molar-refractivity contribution in [2.75, 3.05) is 0 Å². The molecule has 1 aromatic carbocycles. The standard InChI is InChI=1S/C17H17N3O2/c18-10-12-6-4-11(5-7-12)8-9-20-16(21)13-2-1-3-14(19)15(13)17(20)22/h1,3-7,14,21-22H,2,8-9,19H2. The number of nitrogens with zero attached hydrogens (tertiary/aromatic N) is 2. The third-order valence-corrected chi connectivity index (χ3v) is 4.05. The minimum absolute atomic E-state index is 0.0398. The van der Waals surface area contributed by atoms with E-state index in [0.29, 0.717) is 36.1 Å². The van der Waals surface area contributed by atoms with Gasteiger partial charge >= 0.3 is 0 Å². The summed E-state index contributed by atoms with van der Waals surface area (Å²) in [5.74, 6) is 0.124. The SMILES string of the molecule is N#Cc1ccc(CCn2c(O)c3c(c2O)C(N)C=CC3)cc1. The van der Waals surface area contributed by atoms with Crippen molar-refractivity contribution in [2.24, 2.45) is 5.73 Å². The van der Waals surface area contributed by atoms with E-state index in [1.54, 1.807) is 12.1 Å². The highest BCUT2D eigenvalue weighted by Crippen LogP contribution is 2.40. The average molecular weight is 295 g/mol. The Morgan fingerprint density at radius 3 is 2.59 bits per heavy atom. The van der Waals surface area contributed by atoms with Crippen molar-refractivity contribution >= 4 is 0 Å². The number of aromatic hydroxyl groups is 2. The summed E-state index contributed by atoms with van der Waals surface area (Å²) in [6.07, 6.45) is 4.94. The van der Waals surface area contributed by atoms with E-state index in [0.717, 1.165) is 5.56 Å². The predicted octanol–water partition coefficient (Wildman–Crippen LogP) is 2.13. The van der Waals surface area contributed by atoms with Crippen LogP contribution in [0.5, 0.6) is 11.8 Å². The first kappa shape index (κ1) is 14.2. The minimum atomic E-state index is -0.384. The third-order valence-electron chi connectivity index (χ3n) is 4.05. The highest BCUT2D eigenvalue weighted by atomic mass is 16.3. The maximum Gasteiger partial charge on any atom is 0.199 e. The van der Waals surface area contributed by atoms with Crippen LogP contribution in [0.3, 0.4) is 0 Å². The molecule has 0 spiro atoms. The molecule has 0 bridgehead atoms. The van der Waals surface area contributed by atoms with E-state index < -0.39 is 0 Å². The molecule has 0 saturated carbocycles. The van der Waals surface area contributed by atoms with Crippen LogP contribution in [0.4, 0.5) is 0 Å². The summed E-state index contributed by atoms with van der Waals surface area (Å²) in [5, 5.41) is 29.4. The van der Waals surface area contributed by atoms with Gasteiger partial charge < -0.3 is 15.9 Å². The molecule has 5 nitrogen and oxygen atoms in total. The van der Waals surface area contributed by atoms with E-state index in [1.807, 2.05) is 24.3 Å². The lowest BCUT2D eigenvalue weighted by Gasteiger charge is -2.12. The summed E-state index contributed by atoms with van der Waals surface area (Å²) in [5.41, 5.74) is 8.93. The number of fused-ring (bicyclic) bond motifs is 1. The molecule has 22 heavy (non-hydrogen) atoms. The molecule has 112 valence electrons. The zero-order valence-corrected chi connectivity index (χ0v) is 12.0. The van der Waals surface area contributed by atoms with Crippen LogP contribution in [0.15, 0.2) is 36.4 Å². The largest absolute Gasteiger partial charge is 0.494 e. The summed E-state index contributed by atoms with van der Waals surface area (Å²) >= 11 is 0. The normalized spacial score (nSPS) is 16.3. The molecule has 1 heterocycles. The fourth-order valence-corrected chi connectivity index (χ4v) is 2.84. The Morgan fingerprint density at radius 1 is 1.23 bits per heavy atom. The van der Waals surface area contributed by atoms with Crippen LogP contribution >= 0.6 is 0 Å². The summed E-state index contributed by atoms with van der Waals surface area (Å²) in [6, 6.07) is 8.97. The molecule has 0 amide bonds.